The molecule has 2 heterocycles. The molecule has 27 heavy (non-hydrogen) atoms. The molecule has 6 heteroatoms. The summed E-state index contributed by atoms with van der Waals surface area (Å²) < 4.78 is 2.05. The van der Waals surface area contributed by atoms with E-state index >= 15 is 0 Å². The number of hydrogen-bond donors (Lipinski definition) is 1. The van der Waals surface area contributed by atoms with Gasteiger partial charge in [0.2, 0.25) is 0 Å². The van der Waals surface area contributed by atoms with E-state index < -0.39 is 0 Å². The van der Waals surface area contributed by atoms with E-state index in [-0.39, 0.29) is 31.6 Å². The Hall–Kier alpha value is -2.01. The van der Waals surface area contributed by atoms with Gasteiger partial charge in [-0.3, -0.25) is 21.1 Å². The van der Waals surface area contributed by atoms with Gasteiger partial charge in [0.25, 0.3) is 0 Å². The van der Waals surface area contributed by atoms with Crippen LogP contribution in [-0.4, -0.2) is 20.4 Å². The molecule has 3 rings (SSSR count). The van der Waals surface area contributed by atoms with E-state index in [1.807, 2.05) is 24.0 Å². The third-order valence-corrected chi connectivity index (χ3v) is 4.67. The molecule has 0 aliphatic heterocycles. The zero-order valence-electron chi connectivity index (χ0n) is 16.0. The van der Waals surface area contributed by atoms with Gasteiger partial charge in [0.1, 0.15) is 0 Å². The second-order valence-corrected chi connectivity index (χ2v) is 7.08. The van der Waals surface area contributed by atoms with Gasteiger partial charge in [-0.25, -0.2) is 0 Å². The molecule has 4 nitrogen and oxygen atoms in total. The first-order chi connectivity index (χ1) is 12.3. The summed E-state index contributed by atoms with van der Waals surface area (Å²) in [6.45, 7) is 7.09. The predicted molar refractivity (Wildman–Crippen MR) is 107 cm³/mol. The number of aryl methyl sites for hydroxylation is 2. The van der Waals surface area contributed by atoms with Crippen molar-refractivity contribution in [2.24, 2.45) is 7.05 Å². The maximum atomic E-state index is 10.0. The molecule has 1 radical (unpaired) electrons. The fourth-order valence-corrected chi connectivity index (χ4v) is 3.33. The Bertz CT molecular complexity index is 923. The molecule has 0 aliphatic rings. The van der Waals surface area contributed by atoms with E-state index in [2.05, 4.69) is 48.5 Å². The van der Waals surface area contributed by atoms with Crippen molar-refractivity contribution in [2.75, 3.05) is 0 Å². The van der Waals surface area contributed by atoms with Gasteiger partial charge in [-0.15, -0.1) is 16.0 Å². The van der Waals surface area contributed by atoms with Crippen LogP contribution in [0.1, 0.15) is 24.4 Å². The van der Waals surface area contributed by atoms with Crippen molar-refractivity contribution in [2.45, 2.75) is 27.7 Å². The number of aromatic nitrogens is 2. The fraction of sp³-hybridized carbons (Fsp3) is 0.238. The smallest absolute Gasteiger partial charge is 0.155 e. The number of nitrogens with zero attached hydrogens (tertiary/aromatic N) is 2. The molecule has 0 fully saturated rings. The Labute approximate surface area is 177 Å². The van der Waals surface area contributed by atoms with Crippen LogP contribution in [0.25, 0.3) is 22.4 Å². The third kappa shape index (κ3) is 5.99. The van der Waals surface area contributed by atoms with Crippen molar-refractivity contribution in [3.63, 3.8) is 0 Å². The maximum absolute atomic E-state index is 10.0. The Morgan fingerprint density at radius 3 is 2.30 bits per heavy atom. The first kappa shape index (κ1) is 23.0. The zero-order chi connectivity index (χ0) is 19.3. The van der Waals surface area contributed by atoms with Gasteiger partial charge in [0, 0.05) is 38.9 Å². The standard InChI is InChI=1S/C16H15N2S.C5H8O2.Ir/c1-11-16(17-10-18(11)3)14-9-19-12(2)15(14)13-7-5-4-6-8-13;1-4(6)3-5(2)7;/h4-8,10H,1-3H3;3,6H,1-2H3;/q-1;;/b;4-3-;. The van der Waals surface area contributed by atoms with Crippen LogP contribution in [0.15, 0.2) is 48.5 Å². The topological polar surface area (TPSA) is 55.1 Å². The monoisotopic (exact) mass is 560 g/mol. The minimum atomic E-state index is -0.125. The van der Waals surface area contributed by atoms with Crippen LogP contribution in [0.2, 0.25) is 0 Å². The van der Waals surface area contributed by atoms with Gasteiger partial charge >= 0.3 is 0 Å². The number of hydrogen-bond acceptors (Lipinski definition) is 4. The fourth-order valence-electron chi connectivity index (χ4n) is 2.56. The summed E-state index contributed by atoms with van der Waals surface area (Å²) >= 11 is 1.66. The summed E-state index contributed by atoms with van der Waals surface area (Å²) in [5.74, 6) is -0.0625. The van der Waals surface area contributed by atoms with Crippen LogP contribution in [0.5, 0.6) is 0 Å². The molecule has 0 saturated heterocycles. The van der Waals surface area contributed by atoms with Gasteiger partial charge in [0.05, 0.1) is 12.1 Å². The minimum absolute atomic E-state index is 0. The van der Waals surface area contributed by atoms with Crippen LogP contribution in [0, 0.1) is 19.2 Å². The second kappa shape index (κ2) is 10.4. The van der Waals surface area contributed by atoms with Crippen LogP contribution >= 0.6 is 11.3 Å². The van der Waals surface area contributed by atoms with E-state index in [1.165, 1.54) is 41.6 Å². The van der Waals surface area contributed by atoms with Crippen LogP contribution in [0.4, 0.5) is 0 Å². The number of rotatable bonds is 3. The normalized spacial score (nSPS) is 10.6. The number of carbonyl (C=O) groups excluding carboxylic acids is 1. The SMILES string of the molecule is CC(=O)/C=C(/C)O.Cc1s[c-]c(-c2ncn(C)c2C)c1-c1ccccc1.[Ir]. The number of aliphatic hydroxyl groups excluding tert-OH is 1. The minimum Gasteiger partial charge on any atom is -0.512 e. The summed E-state index contributed by atoms with van der Waals surface area (Å²) in [6, 6.07) is 10.5. The van der Waals surface area contributed by atoms with Crippen LogP contribution in [0.3, 0.4) is 0 Å². The molecule has 145 valence electrons. The van der Waals surface area contributed by atoms with Crippen molar-refractivity contribution in [1.82, 2.24) is 9.55 Å². The first-order valence-electron chi connectivity index (χ1n) is 8.23. The second-order valence-electron chi connectivity index (χ2n) is 6.06. The average molecular weight is 560 g/mol. The molecule has 0 atom stereocenters. The number of carbonyl (C=O) groups is 1. The Kier molecular flexibility index (Phi) is 8.83. The van der Waals surface area contributed by atoms with Crippen molar-refractivity contribution >= 4 is 17.1 Å². The van der Waals surface area contributed by atoms with Gasteiger partial charge in [-0.05, 0) is 26.5 Å². The van der Waals surface area contributed by atoms with E-state index in [0.717, 1.165) is 11.3 Å². The number of aliphatic hydroxyl groups is 1. The quantitative estimate of drug-likeness (QED) is 0.270. The predicted octanol–water partition coefficient (Wildman–Crippen LogP) is 5.27. The number of thiophene rings is 1. The van der Waals surface area contributed by atoms with Gasteiger partial charge < -0.3 is 9.67 Å². The van der Waals surface area contributed by atoms with E-state index in [0.29, 0.717) is 0 Å². The number of allylic oxidation sites excluding steroid dienone is 2. The molecule has 0 amide bonds. The average Bonchev–Trinajstić information content (AvgIpc) is 3.11. The summed E-state index contributed by atoms with van der Waals surface area (Å²) in [7, 11) is 2.02. The molecular weight excluding hydrogens is 537 g/mol. The Balaban J connectivity index is 0.000000395. The van der Waals surface area contributed by atoms with Crippen molar-refractivity contribution in [1.29, 1.82) is 0 Å². The molecule has 1 N–H and O–H groups in total. The Morgan fingerprint density at radius 1 is 1.22 bits per heavy atom. The van der Waals surface area contributed by atoms with Gasteiger partial charge in [-0.2, -0.15) is 0 Å². The summed E-state index contributed by atoms with van der Waals surface area (Å²) in [5, 5.41) is 11.8. The molecule has 0 bridgehead atoms. The molecule has 2 aromatic heterocycles. The van der Waals surface area contributed by atoms with Crippen LogP contribution < -0.4 is 0 Å². The van der Waals surface area contributed by atoms with E-state index in [9.17, 15) is 4.79 Å². The summed E-state index contributed by atoms with van der Waals surface area (Å²) in [4.78, 5) is 15.8. The number of imidazole rings is 1. The largest absolute Gasteiger partial charge is 0.512 e. The maximum Gasteiger partial charge on any atom is 0.155 e. The molecule has 3 aromatic rings. The van der Waals surface area contributed by atoms with Crippen molar-refractivity contribution in [3.05, 3.63) is 64.4 Å². The molecule has 0 spiro atoms. The number of ketones is 1. The van der Waals surface area contributed by atoms with Gasteiger partial charge in [-0.1, -0.05) is 48.2 Å². The van der Waals surface area contributed by atoms with Crippen molar-refractivity contribution in [3.8, 4) is 22.4 Å². The van der Waals surface area contributed by atoms with Crippen molar-refractivity contribution < 1.29 is 30.0 Å². The number of benzene rings is 1. The summed E-state index contributed by atoms with van der Waals surface area (Å²) in [6.07, 6.45) is 3.03. The molecule has 0 saturated carbocycles. The molecule has 0 aliphatic carbocycles. The van der Waals surface area contributed by atoms with Crippen LogP contribution in [-0.2, 0) is 31.9 Å². The summed E-state index contributed by atoms with van der Waals surface area (Å²) in [5.41, 5.74) is 5.81. The van der Waals surface area contributed by atoms with Gasteiger partial charge in [0.15, 0.2) is 5.78 Å². The Morgan fingerprint density at radius 2 is 1.85 bits per heavy atom. The zero-order valence-corrected chi connectivity index (χ0v) is 19.2. The molecular formula is C21H23IrN2O2S-. The molecule has 1 aromatic carbocycles. The van der Waals surface area contributed by atoms with E-state index in [1.54, 1.807) is 11.3 Å². The van der Waals surface area contributed by atoms with E-state index in [4.69, 9.17) is 5.11 Å². The molecule has 0 unspecified atom stereocenters. The first-order valence-corrected chi connectivity index (χ1v) is 9.05. The third-order valence-electron chi connectivity index (χ3n) is 3.85.